The van der Waals surface area contributed by atoms with Gasteiger partial charge in [-0.3, -0.25) is 4.79 Å². The molecule has 1 aromatic rings. The smallest absolute Gasteiger partial charge is 0.271 e. The number of nitrogens with zero attached hydrogens (tertiary/aromatic N) is 1. The fraction of sp³-hybridized carbons (Fsp3) is 0.455. The SMILES string of the molecule is O=C(NC1CCOCC1)c1ncccc1Br. The van der Waals surface area contributed by atoms with Gasteiger partial charge in [0.25, 0.3) is 5.91 Å². The summed E-state index contributed by atoms with van der Waals surface area (Å²) in [5.74, 6) is -0.126. The zero-order valence-electron chi connectivity index (χ0n) is 8.78. The zero-order valence-corrected chi connectivity index (χ0v) is 10.4. The maximum absolute atomic E-state index is 11.9. The number of nitrogens with one attached hydrogen (secondary N) is 1. The maximum Gasteiger partial charge on any atom is 0.271 e. The van der Waals surface area contributed by atoms with Crippen LogP contribution in [0.15, 0.2) is 22.8 Å². The topological polar surface area (TPSA) is 51.2 Å². The molecule has 1 N–H and O–H groups in total. The van der Waals surface area contributed by atoms with E-state index in [0.29, 0.717) is 18.9 Å². The Kier molecular flexibility index (Phi) is 3.90. The summed E-state index contributed by atoms with van der Waals surface area (Å²) in [6, 6.07) is 3.80. The van der Waals surface area contributed by atoms with Gasteiger partial charge in [-0.15, -0.1) is 0 Å². The summed E-state index contributed by atoms with van der Waals surface area (Å²) in [5, 5.41) is 2.96. The highest BCUT2D eigenvalue weighted by molar-refractivity contribution is 9.10. The van der Waals surface area contributed by atoms with Gasteiger partial charge in [-0.05, 0) is 40.9 Å². The van der Waals surface area contributed by atoms with Crippen molar-refractivity contribution in [3.63, 3.8) is 0 Å². The van der Waals surface area contributed by atoms with Crippen LogP contribution in [0.25, 0.3) is 0 Å². The Balaban J connectivity index is 2.00. The maximum atomic E-state index is 11.9. The zero-order chi connectivity index (χ0) is 11.4. The largest absolute Gasteiger partial charge is 0.381 e. The number of halogens is 1. The molecule has 0 unspecified atom stereocenters. The molecule has 1 aliphatic heterocycles. The van der Waals surface area contributed by atoms with E-state index in [4.69, 9.17) is 4.74 Å². The Bertz CT molecular complexity index is 378. The number of rotatable bonds is 2. The van der Waals surface area contributed by atoms with Gasteiger partial charge < -0.3 is 10.1 Å². The molecule has 0 aliphatic carbocycles. The lowest BCUT2D eigenvalue weighted by Gasteiger charge is -2.23. The molecule has 0 spiro atoms. The second kappa shape index (κ2) is 5.41. The van der Waals surface area contributed by atoms with Gasteiger partial charge in [0.2, 0.25) is 0 Å². The Hall–Kier alpha value is -0.940. The first kappa shape index (κ1) is 11.5. The van der Waals surface area contributed by atoms with E-state index in [1.54, 1.807) is 12.3 Å². The lowest BCUT2D eigenvalue weighted by atomic mass is 10.1. The highest BCUT2D eigenvalue weighted by Crippen LogP contribution is 2.14. The lowest BCUT2D eigenvalue weighted by Crippen LogP contribution is -2.39. The Morgan fingerprint density at radius 2 is 2.25 bits per heavy atom. The van der Waals surface area contributed by atoms with Crippen molar-refractivity contribution in [2.45, 2.75) is 18.9 Å². The molecule has 1 aromatic heterocycles. The van der Waals surface area contributed by atoms with Gasteiger partial charge in [-0.2, -0.15) is 0 Å². The first-order valence-corrected chi connectivity index (χ1v) is 6.06. The third kappa shape index (κ3) is 2.80. The van der Waals surface area contributed by atoms with E-state index in [1.807, 2.05) is 6.07 Å². The predicted octanol–water partition coefficient (Wildman–Crippen LogP) is 1.75. The number of aromatic nitrogens is 1. The van der Waals surface area contributed by atoms with Crippen LogP contribution in [0.2, 0.25) is 0 Å². The fourth-order valence-electron chi connectivity index (χ4n) is 1.65. The van der Waals surface area contributed by atoms with E-state index in [0.717, 1.165) is 17.3 Å². The van der Waals surface area contributed by atoms with E-state index in [2.05, 4.69) is 26.2 Å². The quantitative estimate of drug-likeness (QED) is 0.900. The third-order valence-electron chi connectivity index (χ3n) is 2.53. The first-order chi connectivity index (χ1) is 7.77. The number of hydrogen-bond acceptors (Lipinski definition) is 3. The first-order valence-electron chi connectivity index (χ1n) is 5.26. The molecule has 1 aliphatic rings. The number of hydrogen-bond donors (Lipinski definition) is 1. The molecule has 0 radical (unpaired) electrons. The minimum Gasteiger partial charge on any atom is -0.381 e. The van der Waals surface area contributed by atoms with Crippen LogP contribution in [0.1, 0.15) is 23.3 Å². The Morgan fingerprint density at radius 3 is 2.94 bits per heavy atom. The molecule has 5 heteroatoms. The normalized spacial score (nSPS) is 17.1. The Morgan fingerprint density at radius 1 is 1.50 bits per heavy atom. The van der Waals surface area contributed by atoms with Crippen molar-refractivity contribution < 1.29 is 9.53 Å². The van der Waals surface area contributed by atoms with Gasteiger partial charge in [-0.25, -0.2) is 4.98 Å². The van der Waals surface area contributed by atoms with Crippen molar-refractivity contribution in [3.8, 4) is 0 Å². The van der Waals surface area contributed by atoms with Crippen LogP contribution in [0.4, 0.5) is 0 Å². The number of amides is 1. The Labute approximate surface area is 103 Å². The number of carbonyl (C=O) groups is 1. The summed E-state index contributed by atoms with van der Waals surface area (Å²) in [6.07, 6.45) is 3.36. The summed E-state index contributed by atoms with van der Waals surface area (Å²) in [6.45, 7) is 1.43. The number of carbonyl (C=O) groups excluding carboxylic acids is 1. The van der Waals surface area contributed by atoms with Gasteiger partial charge in [-0.1, -0.05) is 0 Å². The molecule has 4 nitrogen and oxygen atoms in total. The fourth-order valence-corrected chi connectivity index (χ4v) is 2.08. The van der Waals surface area contributed by atoms with Crippen LogP contribution in [0.3, 0.4) is 0 Å². The highest BCUT2D eigenvalue weighted by Gasteiger charge is 2.18. The van der Waals surface area contributed by atoms with E-state index in [1.165, 1.54) is 0 Å². The van der Waals surface area contributed by atoms with Crippen molar-refractivity contribution in [2.24, 2.45) is 0 Å². The summed E-state index contributed by atoms with van der Waals surface area (Å²) in [4.78, 5) is 15.9. The molecule has 0 atom stereocenters. The van der Waals surface area contributed by atoms with Crippen molar-refractivity contribution in [1.82, 2.24) is 10.3 Å². The predicted molar refractivity (Wildman–Crippen MR) is 63.2 cm³/mol. The molecule has 0 aromatic carbocycles. The van der Waals surface area contributed by atoms with Crippen LogP contribution in [0.5, 0.6) is 0 Å². The molecule has 1 fully saturated rings. The molecule has 2 rings (SSSR count). The van der Waals surface area contributed by atoms with Crippen LogP contribution in [0, 0.1) is 0 Å². The standard InChI is InChI=1S/C11H13BrN2O2/c12-9-2-1-5-13-10(9)11(15)14-8-3-6-16-7-4-8/h1-2,5,8H,3-4,6-7H2,(H,14,15). The van der Waals surface area contributed by atoms with E-state index < -0.39 is 0 Å². The summed E-state index contributed by atoms with van der Waals surface area (Å²) < 4.78 is 5.96. The van der Waals surface area contributed by atoms with E-state index in [9.17, 15) is 4.79 Å². The van der Waals surface area contributed by atoms with E-state index in [-0.39, 0.29) is 11.9 Å². The minimum atomic E-state index is -0.126. The third-order valence-corrected chi connectivity index (χ3v) is 3.17. The van der Waals surface area contributed by atoms with Crippen LogP contribution >= 0.6 is 15.9 Å². The summed E-state index contributed by atoms with van der Waals surface area (Å²) in [5.41, 5.74) is 0.439. The van der Waals surface area contributed by atoms with Gasteiger partial charge in [0, 0.05) is 29.9 Å². The summed E-state index contributed by atoms with van der Waals surface area (Å²) in [7, 11) is 0. The average molecular weight is 285 g/mol. The molecule has 2 heterocycles. The molecule has 86 valence electrons. The molecule has 0 saturated carbocycles. The van der Waals surface area contributed by atoms with Gasteiger partial charge in [0.1, 0.15) is 5.69 Å². The van der Waals surface area contributed by atoms with Gasteiger partial charge in [0.15, 0.2) is 0 Å². The second-order valence-electron chi connectivity index (χ2n) is 3.69. The van der Waals surface area contributed by atoms with Gasteiger partial charge >= 0.3 is 0 Å². The summed E-state index contributed by atoms with van der Waals surface area (Å²) >= 11 is 3.31. The van der Waals surface area contributed by atoms with Crippen LogP contribution in [-0.2, 0) is 4.74 Å². The second-order valence-corrected chi connectivity index (χ2v) is 4.55. The van der Waals surface area contributed by atoms with E-state index >= 15 is 0 Å². The molecule has 1 amide bonds. The number of pyridine rings is 1. The van der Waals surface area contributed by atoms with Crippen molar-refractivity contribution in [2.75, 3.05) is 13.2 Å². The minimum absolute atomic E-state index is 0.126. The average Bonchev–Trinajstić information content (AvgIpc) is 2.31. The molecule has 1 saturated heterocycles. The number of ether oxygens (including phenoxy) is 1. The monoisotopic (exact) mass is 284 g/mol. The molecule has 0 bridgehead atoms. The van der Waals surface area contributed by atoms with Crippen LogP contribution in [-0.4, -0.2) is 30.1 Å². The highest BCUT2D eigenvalue weighted by atomic mass is 79.9. The lowest BCUT2D eigenvalue weighted by molar-refractivity contribution is 0.0694. The molecular weight excluding hydrogens is 272 g/mol. The van der Waals surface area contributed by atoms with Crippen molar-refractivity contribution in [3.05, 3.63) is 28.5 Å². The van der Waals surface area contributed by atoms with Crippen molar-refractivity contribution >= 4 is 21.8 Å². The molecule has 16 heavy (non-hydrogen) atoms. The van der Waals surface area contributed by atoms with Crippen LogP contribution < -0.4 is 5.32 Å². The molecular formula is C11H13BrN2O2. The van der Waals surface area contributed by atoms with Gasteiger partial charge in [0.05, 0.1) is 0 Å². The van der Waals surface area contributed by atoms with Crippen molar-refractivity contribution in [1.29, 1.82) is 0 Å².